The van der Waals surface area contributed by atoms with Crippen molar-refractivity contribution in [2.24, 2.45) is 5.73 Å². The number of carbonyl (C=O) groups excluding carboxylic acids is 4. The molecule has 0 aliphatic carbocycles. The first kappa shape index (κ1) is 21.8. The maximum atomic E-state index is 12.4. The molecule has 1 atom stereocenters. The Kier molecular flexibility index (Phi) is 8.09. The van der Waals surface area contributed by atoms with Gasteiger partial charge < -0.3 is 15.8 Å². The molecule has 0 spiro atoms. The first-order valence-electron chi connectivity index (χ1n) is 9.33. The van der Waals surface area contributed by atoms with Crippen LogP contribution in [0.4, 0.5) is 0 Å². The lowest BCUT2D eigenvalue weighted by Crippen LogP contribution is -2.45. The molecule has 0 fully saturated rings. The highest BCUT2D eigenvalue weighted by molar-refractivity contribution is 6.08. The quantitative estimate of drug-likeness (QED) is 0.469. The second kappa shape index (κ2) is 10.8. The number of hydrogen-bond acceptors (Lipinski definition) is 5. The molecule has 0 unspecified atom stereocenters. The Balaban J connectivity index is 1.96. The van der Waals surface area contributed by atoms with Gasteiger partial charge >= 0.3 is 5.97 Å². The fourth-order valence-electron chi connectivity index (χ4n) is 2.72. The number of primary amides is 1. The van der Waals surface area contributed by atoms with Crippen molar-refractivity contribution in [1.29, 1.82) is 0 Å². The Bertz CT molecular complexity index is 863. The lowest BCUT2D eigenvalue weighted by atomic mass is 9.99. The third kappa shape index (κ3) is 6.88. The average molecular weight is 396 g/mol. The summed E-state index contributed by atoms with van der Waals surface area (Å²) < 4.78 is 4.76. The Morgan fingerprint density at radius 2 is 1.55 bits per heavy atom. The number of ketones is 1. The summed E-state index contributed by atoms with van der Waals surface area (Å²) in [5, 5.41) is 2.54. The van der Waals surface area contributed by atoms with E-state index in [9.17, 15) is 19.2 Å². The molecule has 3 N–H and O–H groups in total. The van der Waals surface area contributed by atoms with Gasteiger partial charge in [0, 0.05) is 24.0 Å². The second-order valence-electron chi connectivity index (χ2n) is 6.42. The van der Waals surface area contributed by atoms with Gasteiger partial charge in [0.2, 0.25) is 11.8 Å². The largest absolute Gasteiger partial charge is 0.466 e. The van der Waals surface area contributed by atoms with Crippen molar-refractivity contribution < 1.29 is 23.9 Å². The molecule has 0 saturated carbocycles. The van der Waals surface area contributed by atoms with Crippen LogP contribution in [0.5, 0.6) is 0 Å². The predicted molar refractivity (Wildman–Crippen MR) is 107 cm³/mol. The summed E-state index contributed by atoms with van der Waals surface area (Å²) in [6.07, 6.45) is 0.0227. The van der Waals surface area contributed by atoms with Crippen LogP contribution in [0.15, 0.2) is 54.6 Å². The maximum Gasteiger partial charge on any atom is 0.306 e. The molecule has 0 radical (unpaired) electrons. The smallest absolute Gasteiger partial charge is 0.306 e. The van der Waals surface area contributed by atoms with Crippen molar-refractivity contribution in [3.05, 3.63) is 71.3 Å². The molecule has 0 bridgehead atoms. The molecule has 29 heavy (non-hydrogen) atoms. The van der Waals surface area contributed by atoms with E-state index in [0.717, 1.165) is 5.56 Å². The summed E-state index contributed by atoms with van der Waals surface area (Å²) in [6, 6.07) is 14.8. The summed E-state index contributed by atoms with van der Waals surface area (Å²) in [4.78, 5) is 47.5. The topological polar surface area (TPSA) is 116 Å². The Morgan fingerprint density at radius 1 is 0.931 bits per heavy atom. The summed E-state index contributed by atoms with van der Waals surface area (Å²) in [7, 11) is 0. The van der Waals surface area contributed by atoms with E-state index in [1.165, 1.54) is 0 Å². The lowest BCUT2D eigenvalue weighted by molar-refractivity contribution is -0.144. The van der Waals surface area contributed by atoms with Crippen LogP contribution in [0, 0.1) is 0 Å². The number of benzene rings is 2. The van der Waals surface area contributed by atoms with E-state index in [2.05, 4.69) is 5.32 Å². The number of hydrogen-bond donors (Lipinski definition) is 2. The van der Waals surface area contributed by atoms with Crippen LogP contribution in [0.3, 0.4) is 0 Å². The van der Waals surface area contributed by atoms with Gasteiger partial charge in [-0.2, -0.15) is 0 Å². The molecule has 0 heterocycles. The summed E-state index contributed by atoms with van der Waals surface area (Å²) in [5.74, 6) is -1.72. The van der Waals surface area contributed by atoms with Crippen LogP contribution in [0.25, 0.3) is 0 Å². The number of nitrogens with two attached hydrogens (primary N) is 1. The molecule has 2 amide bonds. The van der Waals surface area contributed by atoms with E-state index < -0.39 is 23.8 Å². The monoisotopic (exact) mass is 396 g/mol. The zero-order valence-electron chi connectivity index (χ0n) is 16.2. The van der Waals surface area contributed by atoms with Crippen molar-refractivity contribution in [3.63, 3.8) is 0 Å². The highest BCUT2D eigenvalue weighted by atomic mass is 16.5. The molecule has 2 aromatic rings. The molecule has 0 aliphatic rings. The Morgan fingerprint density at radius 3 is 2.14 bits per heavy atom. The summed E-state index contributed by atoms with van der Waals surface area (Å²) in [5.41, 5.74) is 7.24. The highest BCUT2D eigenvalue weighted by Crippen LogP contribution is 2.12. The molecular formula is C22H24N2O5. The number of amides is 2. The molecular weight excluding hydrogens is 372 g/mol. The van der Waals surface area contributed by atoms with Gasteiger partial charge in [-0.15, -0.1) is 0 Å². The van der Waals surface area contributed by atoms with E-state index in [-0.39, 0.29) is 31.7 Å². The van der Waals surface area contributed by atoms with Crippen LogP contribution >= 0.6 is 0 Å². The zero-order valence-corrected chi connectivity index (χ0v) is 16.2. The van der Waals surface area contributed by atoms with Gasteiger partial charge in [0.1, 0.15) is 6.04 Å². The minimum Gasteiger partial charge on any atom is -0.466 e. The summed E-state index contributed by atoms with van der Waals surface area (Å²) >= 11 is 0. The molecule has 2 aromatic carbocycles. The Hall–Kier alpha value is -3.48. The van der Waals surface area contributed by atoms with Gasteiger partial charge in [-0.1, -0.05) is 54.6 Å². The van der Waals surface area contributed by atoms with Gasteiger partial charge in [-0.05, 0) is 12.5 Å². The normalized spacial score (nSPS) is 11.3. The number of ether oxygens (including phenoxy) is 1. The molecule has 2 rings (SSSR count). The lowest BCUT2D eigenvalue weighted by Gasteiger charge is -2.16. The van der Waals surface area contributed by atoms with Crippen molar-refractivity contribution in [3.8, 4) is 0 Å². The van der Waals surface area contributed by atoms with Gasteiger partial charge in [0.05, 0.1) is 13.0 Å². The van der Waals surface area contributed by atoms with Crippen molar-refractivity contribution >= 4 is 23.6 Å². The Labute approximate surface area is 169 Å². The molecule has 0 saturated heterocycles. The van der Waals surface area contributed by atoms with Crippen LogP contribution < -0.4 is 11.1 Å². The van der Waals surface area contributed by atoms with E-state index in [1.807, 2.05) is 6.07 Å². The fraction of sp³-hybridized carbons (Fsp3) is 0.273. The number of nitrogens with one attached hydrogen (secondary N) is 1. The molecule has 7 nitrogen and oxygen atoms in total. The highest BCUT2D eigenvalue weighted by Gasteiger charge is 2.19. The van der Waals surface area contributed by atoms with Crippen LogP contribution in [-0.2, 0) is 25.5 Å². The molecule has 7 heteroatoms. The van der Waals surface area contributed by atoms with E-state index in [1.54, 1.807) is 55.5 Å². The van der Waals surface area contributed by atoms with Gasteiger partial charge in [0.25, 0.3) is 0 Å². The first-order valence-corrected chi connectivity index (χ1v) is 9.33. The van der Waals surface area contributed by atoms with Crippen LogP contribution in [-0.4, -0.2) is 36.2 Å². The van der Waals surface area contributed by atoms with Crippen molar-refractivity contribution in [1.82, 2.24) is 5.32 Å². The predicted octanol–water partition coefficient (Wildman–Crippen LogP) is 1.77. The number of rotatable bonds is 10. The standard InChI is InChI=1S/C22H24N2O5/c1-2-29-20(26)13-12-19(25)24-18(22(23)28)14-15-8-10-17(11-9-15)21(27)16-6-4-3-5-7-16/h3-11,18H,2,12-14H2,1H3,(H2,23,28)(H,24,25)/t18-/m1/s1. The van der Waals surface area contributed by atoms with E-state index in [4.69, 9.17) is 10.5 Å². The minimum atomic E-state index is -0.916. The van der Waals surface area contributed by atoms with Gasteiger partial charge in [-0.25, -0.2) is 0 Å². The first-order chi connectivity index (χ1) is 13.9. The molecule has 0 aliphatic heterocycles. The van der Waals surface area contributed by atoms with Crippen molar-refractivity contribution in [2.45, 2.75) is 32.2 Å². The van der Waals surface area contributed by atoms with Crippen LogP contribution in [0.1, 0.15) is 41.3 Å². The second-order valence-corrected chi connectivity index (χ2v) is 6.42. The minimum absolute atomic E-state index is 0.0680. The zero-order chi connectivity index (χ0) is 21.2. The van der Waals surface area contributed by atoms with Gasteiger partial charge in [0.15, 0.2) is 5.78 Å². The van der Waals surface area contributed by atoms with Crippen LogP contribution in [0.2, 0.25) is 0 Å². The molecule has 152 valence electrons. The summed E-state index contributed by atoms with van der Waals surface area (Å²) in [6.45, 7) is 1.92. The maximum absolute atomic E-state index is 12.4. The third-order valence-electron chi connectivity index (χ3n) is 4.23. The number of esters is 1. The molecule has 0 aromatic heterocycles. The SMILES string of the molecule is CCOC(=O)CCC(=O)N[C@H](Cc1ccc(C(=O)c2ccccc2)cc1)C(N)=O. The third-order valence-corrected chi connectivity index (χ3v) is 4.23. The number of carbonyl (C=O) groups is 4. The van der Waals surface area contributed by atoms with Crippen molar-refractivity contribution in [2.75, 3.05) is 6.61 Å². The fourth-order valence-corrected chi connectivity index (χ4v) is 2.72. The van der Waals surface area contributed by atoms with E-state index >= 15 is 0 Å². The average Bonchev–Trinajstić information content (AvgIpc) is 2.72. The van der Waals surface area contributed by atoms with Gasteiger partial charge in [-0.3, -0.25) is 19.2 Å². The van der Waals surface area contributed by atoms with E-state index in [0.29, 0.717) is 11.1 Å².